The predicted molar refractivity (Wildman–Crippen MR) is 127 cm³/mol. The first-order valence-electron chi connectivity index (χ1n) is 10.7. The average Bonchev–Trinajstić information content (AvgIpc) is 2.89. The number of hydrogen-bond acceptors (Lipinski definition) is 3. The molecule has 4 rings (SSSR count). The van der Waals surface area contributed by atoms with Crippen LogP contribution in [0.25, 0.3) is 0 Å². The lowest BCUT2D eigenvalue weighted by Gasteiger charge is -2.27. The van der Waals surface area contributed by atoms with Crippen LogP contribution in [-0.4, -0.2) is 17.7 Å². The van der Waals surface area contributed by atoms with Gasteiger partial charge in [-0.1, -0.05) is 84.4 Å². The molecular formula is C24H27BrClN3O. The summed E-state index contributed by atoms with van der Waals surface area (Å²) in [5.74, 6) is -0.112. The van der Waals surface area contributed by atoms with Crippen LogP contribution in [0.5, 0.6) is 0 Å². The van der Waals surface area contributed by atoms with Gasteiger partial charge in [0.15, 0.2) is 0 Å². The summed E-state index contributed by atoms with van der Waals surface area (Å²) in [4.78, 5) is 13.2. The van der Waals surface area contributed by atoms with Gasteiger partial charge in [0.25, 0.3) is 5.91 Å². The predicted octanol–water partition coefficient (Wildman–Crippen LogP) is 6.49. The highest BCUT2D eigenvalue weighted by molar-refractivity contribution is 9.10. The van der Waals surface area contributed by atoms with E-state index in [2.05, 4.69) is 40.3 Å². The number of nitrogens with one attached hydrogen (secondary N) is 1. The number of benzene rings is 2. The zero-order valence-corrected chi connectivity index (χ0v) is 19.5. The third kappa shape index (κ3) is 4.57. The van der Waals surface area contributed by atoms with Crippen molar-refractivity contribution in [1.29, 1.82) is 0 Å². The van der Waals surface area contributed by atoms with Crippen LogP contribution >= 0.6 is 27.5 Å². The van der Waals surface area contributed by atoms with Gasteiger partial charge in [-0.25, -0.2) is 0 Å². The lowest BCUT2D eigenvalue weighted by atomic mass is 9.90. The van der Waals surface area contributed by atoms with Gasteiger partial charge in [0.05, 0.1) is 16.8 Å². The number of amides is 1. The molecule has 1 heterocycles. The second kappa shape index (κ2) is 9.52. The maximum atomic E-state index is 13.2. The number of nitrogens with zero attached hydrogens (tertiary/aromatic N) is 2. The summed E-state index contributed by atoms with van der Waals surface area (Å²) in [6, 6.07) is 16.0. The molecule has 2 atom stereocenters. The van der Waals surface area contributed by atoms with Gasteiger partial charge in [-0.05, 0) is 42.7 Å². The van der Waals surface area contributed by atoms with Crippen molar-refractivity contribution in [3.8, 4) is 0 Å². The van der Waals surface area contributed by atoms with E-state index in [-0.39, 0.29) is 23.9 Å². The molecule has 6 heteroatoms. The molecule has 1 aliphatic carbocycles. The van der Waals surface area contributed by atoms with Crippen LogP contribution in [0.2, 0.25) is 5.02 Å². The molecule has 1 N–H and O–H groups in total. The van der Waals surface area contributed by atoms with Crippen LogP contribution in [-0.2, 0) is 4.79 Å². The minimum absolute atomic E-state index is 0.0499. The number of rotatable bonds is 4. The second-order valence-electron chi connectivity index (χ2n) is 8.23. The highest BCUT2D eigenvalue weighted by Crippen LogP contribution is 2.41. The molecule has 0 saturated heterocycles. The number of halogens is 2. The first kappa shape index (κ1) is 21.4. The maximum absolute atomic E-state index is 13.2. The fraction of sp³-hybridized carbons (Fsp3) is 0.417. The Hall–Kier alpha value is -1.85. The molecule has 30 heavy (non-hydrogen) atoms. The molecule has 2 aromatic carbocycles. The number of hydrogen-bond donors (Lipinski definition) is 1. The molecule has 0 bridgehead atoms. The van der Waals surface area contributed by atoms with E-state index in [1.54, 1.807) is 0 Å². The van der Waals surface area contributed by atoms with Crippen LogP contribution in [0, 0.1) is 5.92 Å². The molecule has 4 nitrogen and oxygen atoms in total. The summed E-state index contributed by atoms with van der Waals surface area (Å²) in [5.41, 5.74) is 2.50. The fourth-order valence-corrected chi connectivity index (χ4v) is 4.98. The van der Waals surface area contributed by atoms with Gasteiger partial charge in [0.2, 0.25) is 0 Å². The van der Waals surface area contributed by atoms with E-state index in [0.29, 0.717) is 10.7 Å². The quantitative estimate of drug-likeness (QED) is 0.500. The van der Waals surface area contributed by atoms with Crippen LogP contribution in [0.3, 0.4) is 0 Å². The smallest absolute Gasteiger partial charge is 0.268 e. The number of hydrazone groups is 1. The van der Waals surface area contributed by atoms with Crippen molar-refractivity contribution >= 4 is 44.8 Å². The standard InChI is InChI=1S/C24H27BrClN3O/c1-16-22(24(30)27-19-8-4-2-3-5-9-19)28-29(21-11-7-6-10-20(21)26)23(16)17-12-14-18(25)15-13-17/h6-7,10-16,19,23H,2-5,8-9H2,1H3,(H,27,30). The third-order valence-electron chi connectivity index (χ3n) is 6.12. The molecule has 0 spiro atoms. The molecule has 1 saturated carbocycles. The van der Waals surface area contributed by atoms with Crippen LogP contribution in [0.1, 0.15) is 57.1 Å². The van der Waals surface area contributed by atoms with Crippen molar-refractivity contribution < 1.29 is 4.79 Å². The Labute approximate surface area is 191 Å². The van der Waals surface area contributed by atoms with Crippen LogP contribution in [0.4, 0.5) is 5.69 Å². The molecule has 2 unspecified atom stereocenters. The minimum atomic E-state index is -0.0899. The first-order chi connectivity index (χ1) is 14.5. The van der Waals surface area contributed by atoms with Gasteiger partial charge in [-0.3, -0.25) is 9.80 Å². The Morgan fingerprint density at radius 3 is 2.40 bits per heavy atom. The number of carbonyl (C=O) groups is 1. The summed E-state index contributed by atoms with van der Waals surface area (Å²) < 4.78 is 1.02. The topological polar surface area (TPSA) is 44.7 Å². The molecule has 1 amide bonds. The Balaban J connectivity index is 1.65. The van der Waals surface area contributed by atoms with E-state index < -0.39 is 0 Å². The van der Waals surface area contributed by atoms with Crippen molar-refractivity contribution in [3.05, 3.63) is 63.6 Å². The highest BCUT2D eigenvalue weighted by atomic mass is 79.9. The average molecular weight is 489 g/mol. The molecule has 2 aromatic rings. The third-order valence-corrected chi connectivity index (χ3v) is 6.97. The summed E-state index contributed by atoms with van der Waals surface area (Å²) >= 11 is 10.0. The molecule has 1 fully saturated rings. The van der Waals surface area contributed by atoms with E-state index in [0.717, 1.165) is 28.6 Å². The second-order valence-corrected chi connectivity index (χ2v) is 9.55. The van der Waals surface area contributed by atoms with E-state index in [9.17, 15) is 4.79 Å². The molecule has 2 aliphatic rings. The molecule has 0 aromatic heterocycles. The van der Waals surface area contributed by atoms with E-state index in [4.69, 9.17) is 16.7 Å². The molecule has 0 radical (unpaired) electrons. The van der Waals surface area contributed by atoms with Crippen molar-refractivity contribution in [2.75, 3.05) is 5.01 Å². The summed E-state index contributed by atoms with van der Waals surface area (Å²) in [5, 5.41) is 10.6. The highest BCUT2D eigenvalue weighted by Gasteiger charge is 2.40. The van der Waals surface area contributed by atoms with E-state index in [1.165, 1.54) is 25.7 Å². The summed E-state index contributed by atoms with van der Waals surface area (Å²) in [7, 11) is 0. The van der Waals surface area contributed by atoms with Gasteiger partial charge in [-0.2, -0.15) is 5.10 Å². The Bertz CT molecular complexity index is 922. The fourth-order valence-electron chi connectivity index (χ4n) is 4.50. The number of para-hydroxylation sites is 1. The summed E-state index contributed by atoms with van der Waals surface area (Å²) in [6.45, 7) is 2.08. The van der Waals surface area contributed by atoms with Gasteiger partial charge in [0.1, 0.15) is 5.71 Å². The zero-order valence-electron chi connectivity index (χ0n) is 17.2. The van der Waals surface area contributed by atoms with Crippen LogP contribution in [0.15, 0.2) is 58.1 Å². The first-order valence-corrected chi connectivity index (χ1v) is 11.9. The summed E-state index contributed by atoms with van der Waals surface area (Å²) in [6.07, 6.45) is 6.99. The molecular weight excluding hydrogens is 462 g/mol. The van der Waals surface area contributed by atoms with E-state index >= 15 is 0 Å². The Kier molecular flexibility index (Phi) is 6.79. The van der Waals surface area contributed by atoms with Crippen molar-refractivity contribution in [2.24, 2.45) is 11.0 Å². The van der Waals surface area contributed by atoms with Crippen molar-refractivity contribution in [1.82, 2.24) is 5.32 Å². The Morgan fingerprint density at radius 1 is 1.07 bits per heavy atom. The van der Waals surface area contributed by atoms with Crippen LogP contribution < -0.4 is 10.3 Å². The number of anilines is 1. The molecule has 1 aliphatic heterocycles. The largest absolute Gasteiger partial charge is 0.348 e. The number of carbonyl (C=O) groups excluding carboxylic acids is 1. The lowest BCUT2D eigenvalue weighted by Crippen LogP contribution is -2.40. The lowest BCUT2D eigenvalue weighted by molar-refractivity contribution is -0.115. The maximum Gasteiger partial charge on any atom is 0.268 e. The van der Waals surface area contributed by atoms with Crippen molar-refractivity contribution in [2.45, 2.75) is 57.5 Å². The SMILES string of the molecule is CC1C(C(=O)NC2CCCCCC2)=NN(c2ccccc2Cl)C1c1ccc(Br)cc1. The van der Waals surface area contributed by atoms with Gasteiger partial charge in [0, 0.05) is 16.4 Å². The monoisotopic (exact) mass is 487 g/mol. The Morgan fingerprint density at radius 2 is 1.73 bits per heavy atom. The van der Waals surface area contributed by atoms with Gasteiger partial charge in [-0.15, -0.1) is 0 Å². The normalized spacial score (nSPS) is 22.5. The van der Waals surface area contributed by atoms with Crippen molar-refractivity contribution in [3.63, 3.8) is 0 Å². The molecule has 158 valence electrons. The van der Waals surface area contributed by atoms with Gasteiger partial charge >= 0.3 is 0 Å². The van der Waals surface area contributed by atoms with Gasteiger partial charge < -0.3 is 5.32 Å². The van der Waals surface area contributed by atoms with E-state index in [1.807, 2.05) is 41.4 Å². The zero-order chi connectivity index (χ0) is 21.1. The minimum Gasteiger partial charge on any atom is -0.348 e.